The molecule has 0 aliphatic heterocycles. The Hall–Kier alpha value is -2.50. The van der Waals surface area contributed by atoms with E-state index in [-0.39, 0.29) is 4.83 Å². The van der Waals surface area contributed by atoms with Gasteiger partial charge in [0, 0.05) is 48.0 Å². The number of pyridine rings is 1. The van der Waals surface area contributed by atoms with Crippen LogP contribution in [0.2, 0.25) is 0 Å². The van der Waals surface area contributed by atoms with Crippen molar-refractivity contribution in [1.82, 2.24) is 4.98 Å². The van der Waals surface area contributed by atoms with E-state index in [1.54, 1.807) is 19.2 Å². The van der Waals surface area contributed by atoms with Crippen LogP contribution in [0.4, 0.5) is 10.1 Å². The first kappa shape index (κ1) is 26.5. The molecule has 2 aromatic heterocycles. The van der Waals surface area contributed by atoms with Gasteiger partial charge in [0.25, 0.3) is 0 Å². The number of hydrogen-bond acceptors (Lipinski definition) is 5. The van der Waals surface area contributed by atoms with Gasteiger partial charge in [0.2, 0.25) is 0 Å². The summed E-state index contributed by atoms with van der Waals surface area (Å²) in [5.41, 5.74) is 6.94. The molecule has 1 atom stereocenters. The van der Waals surface area contributed by atoms with Gasteiger partial charge in [-0.1, -0.05) is 21.9 Å². The Labute approximate surface area is 184 Å². The summed E-state index contributed by atoms with van der Waals surface area (Å²) in [7, 11) is 3.96. The van der Waals surface area contributed by atoms with Crippen LogP contribution >= 0.6 is 27.3 Å². The van der Waals surface area contributed by atoms with Crippen molar-refractivity contribution in [2.75, 3.05) is 19.0 Å². The van der Waals surface area contributed by atoms with Crippen molar-refractivity contribution >= 4 is 55.8 Å². The number of aliphatic imine (C=N–C) groups is 1. The molecule has 0 saturated heterocycles. The fraction of sp³-hybridized carbons (Fsp3) is 0.286. The van der Waals surface area contributed by atoms with Gasteiger partial charge in [0.15, 0.2) is 6.29 Å². The van der Waals surface area contributed by atoms with Gasteiger partial charge in [-0.05, 0) is 39.0 Å². The minimum Gasteiger partial charge on any atom is -0.390 e. The Morgan fingerprint density at radius 1 is 1.48 bits per heavy atom. The number of aldehydes is 1. The van der Waals surface area contributed by atoms with E-state index in [1.165, 1.54) is 23.8 Å². The zero-order chi connectivity index (χ0) is 22.2. The molecule has 1 unspecified atom stereocenters. The van der Waals surface area contributed by atoms with Crippen LogP contribution in [0, 0.1) is 11.8 Å². The van der Waals surface area contributed by atoms with Gasteiger partial charge in [0.1, 0.15) is 4.83 Å². The largest absolute Gasteiger partial charge is 0.390 e. The summed E-state index contributed by atoms with van der Waals surface area (Å²) in [6.45, 7) is 5.46. The van der Waals surface area contributed by atoms with Crippen LogP contribution in [0.15, 0.2) is 47.5 Å². The molecule has 5 nitrogen and oxygen atoms in total. The molecule has 2 N–H and O–H groups in total. The quantitative estimate of drug-likeness (QED) is 0.211. The van der Waals surface area contributed by atoms with Gasteiger partial charge >= 0.3 is 0 Å². The maximum Gasteiger partial charge on any atom is 0.160 e. The normalized spacial score (nSPS) is 11.8. The molecule has 2 aromatic rings. The van der Waals surface area contributed by atoms with Crippen LogP contribution in [-0.2, 0) is 0 Å². The molecule has 0 spiro atoms. The van der Waals surface area contributed by atoms with Crippen LogP contribution in [0.25, 0.3) is 10.2 Å². The minimum absolute atomic E-state index is 0.155. The summed E-state index contributed by atoms with van der Waals surface area (Å²) in [6.07, 6.45) is 7.54. The molecule has 8 heteroatoms. The molecular weight excluding hydrogens is 455 g/mol. The highest BCUT2D eigenvalue weighted by Crippen LogP contribution is 2.29. The Balaban J connectivity index is 0.000000453. The summed E-state index contributed by atoms with van der Waals surface area (Å²) >= 11 is 4.53. The van der Waals surface area contributed by atoms with Gasteiger partial charge in [-0.15, -0.1) is 17.3 Å². The average Bonchev–Trinajstić information content (AvgIpc) is 3.10. The summed E-state index contributed by atoms with van der Waals surface area (Å²) in [4.78, 5) is 22.4. The number of halogens is 2. The third kappa shape index (κ3) is 11.2. The predicted octanol–water partition coefficient (Wildman–Crippen LogP) is 5.33. The molecular formula is C21H26BrFN4OS. The predicted molar refractivity (Wildman–Crippen MR) is 128 cm³/mol. The van der Waals surface area contributed by atoms with Crippen molar-refractivity contribution in [2.24, 2.45) is 10.7 Å². The number of alkyl halides is 1. The first-order chi connectivity index (χ1) is 13.8. The fourth-order valence-electron chi connectivity index (χ4n) is 1.82. The number of nitrogens with zero attached hydrogens (tertiary/aromatic N) is 3. The zero-order valence-corrected chi connectivity index (χ0v) is 19.6. The SMILES string of the molecule is CC#C/C=C(\C)N=CN.CC(Br)/C=C/F.CN(C)c1ccnc2sc(C=O)cc12. The number of rotatable bonds is 4. The number of allylic oxidation sites excluding steroid dienone is 3. The molecule has 0 radical (unpaired) electrons. The molecule has 0 aromatic carbocycles. The zero-order valence-electron chi connectivity index (χ0n) is 17.2. The maximum absolute atomic E-state index is 11.0. The van der Waals surface area contributed by atoms with Crippen molar-refractivity contribution in [3.05, 3.63) is 47.4 Å². The van der Waals surface area contributed by atoms with E-state index in [0.717, 1.165) is 32.8 Å². The van der Waals surface area contributed by atoms with Crippen LogP contribution in [0.3, 0.4) is 0 Å². The number of hydrogen-bond donors (Lipinski definition) is 1. The number of anilines is 1. The standard InChI is InChI=1S/C10H10N2OS.C7H10N2.C4H6BrF/c1-12(2)9-3-4-11-10-8(9)5-7(6-13)14-10;1-3-4-5-7(2)9-6-8;1-4(5)2-3-6/h3-6H,1-2H3;5-6H,1-2H3,(H2,8,9);2-4H,1H3/b;7-5+;3-2+. The molecule has 0 aliphatic carbocycles. The second-order valence-electron chi connectivity index (χ2n) is 5.66. The summed E-state index contributed by atoms with van der Waals surface area (Å²) in [5, 5.41) is 1.05. The molecule has 156 valence electrons. The third-order valence-electron chi connectivity index (χ3n) is 3.07. The van der Waals surface area contributed by atoms with Gasteiger partial charge in [-0.25, -0.2) is 14.4 Å². The summed E-state index contributed by atoms with van der Waals surface area (Å²) < 4.78 is 11.0. The lowest BCUT2D eigenvalue weighted by Crippen LogP contribution is -2.08. The molecule has 0 fully saturated rings. The van der Waals surface area contributed by atoms with Gasteiger partial charge < -0.3 is 10.6 Å². The van der Waals surface area contributed by atoms with E-state index in [4.69, 9.17) is 5.73 Å². The molecule has 29 heavy (non-hydrogen) atoms. The lowest BCUT2D eigenvalue weighted by molar-refractivity contribution is 0.112. The van der Waals surface area contributed by atoms with Crippen LogP contribution < -0.4 is 10.6 Å². The van der Waals surface area contributed by atoms with E-state index >= 15 is 0 Å². The van der Waals surface area contributed by atoms with E-state index in [0.29, 0.717) is 6.33 Å². The lowest BCUT2D eigenvalue weighted by atomic mass is 10.2. The first-order valence-electron chi connectivity index (χ1n) is 8.55. The third-order valence-corrected chi connectivity index (χ3v) is 4.34. The molecule has 0 bridgehead atoms. The van der Waals surface area contributed by atoms with E-state index in [2.05, 4.69) is 37.7 Å². The van der Waals surface area contributed by atoms with Crippen LogP contribution in [-0.4, -0.2) is 36.5 Å². The molecule has 2 heterocycles. The second-order valence-corrected chi connectivity index (χ2v) is 8.17. The second kappa shape index (κ2) is 15.4. The molecule has 0 saturated carbocycles. The van der Waals surface area contributed by atoms with E-state index in [9.17, 15) is 9.18 Å². The monoisotopic (exact) mass is 480 g/mol. The van der Waals surface area contributed by atoms with Crippen molar-refractivity contribution in [1.29, 1.82) is 0 Å². The van der Waals surface area contributed by atoms with E-state index in [1.807, 2.05) is 45.0 Å². The lowest BCUT2D eigenvalue weighted by Gasteiger charge is -2.12. The Bertz CT molecular complexity index is 908. The smallest absolute Gasteiger partial charge is 0.160 e. The topological polar surface area (TPSA) is 71.6 Å². The molecule has 0 amide bonds. The fourth-order valence-corrected chi connectivity index (χ4v) is 2.78. The highest BCUT2D eigenvalue weighted by Gasteiger charge is 2.07. The first-order valence-corrected chi connectivity index (χ1v) is 10.3. The van der Waals surface area contributed by atoms with Crippen LogP contribution in [0.5, 0.6) is 0 Å². The Morgan fingerprint density at radius 2 is 2.17 bits per heavy atom. The highest BCUT2D eigenvalue weighted by molar-refractivity contribution is 9.09. The molecule has 0 aliphatic rings. The summed E-state index contributed by atoms with van der Waals surface area (Å²) in [6, 6.07) is 3.83. The average molecular weight is 481 g/mol. The Kier molecular flexibility index (Phi) is 14.1. The van der Waals surface area contributed by atoms with Gasteiger partial charge in [-0.3, -0.25) is 4.79 Å². The number of fused-ring (bicyclic) bond motifs is 1. The molecule has 2 rings (SSSR count). The highest BCUT2D eigenvalue weighted by atomic mass is 79.9. The van der Waals surface area contributed by atoms with E-state index < -0.39 is 0 Å². The van der Waals surface area contributed by atoms with Crippen molar-refractivity contribution in [3.8, 4) is 11.8 Å². The number of thiophene rings is 1. The number of aromatic nitrogens is 1. The maximum atomic E-state index is 11.0. The summed E-state index contributed by atoms with van der Waals surface area (Å²) in [5.74, 6) is 5.47. The van der Waals surface area contributed by atoms with Crippen molar-refractivity contribution in [2.45, 2.75) is 25.6 Å². The van der Waals surface area contributed by atoms with Gasteiger partial charge in [0.05, 0.1) is 17.5 Å². The van der Waals surface area contributed by atoms with Crippen molar-refractivity contribution in [3.63, 3.8) is 0 Å². The number of carbonyl (C=O) groups is 1. The number of carbonyl (C=O) groups excluding carboxylic acids is 1. The van der Waals surface area contributed by atoms with Crippen molar-refractivity contribution < 1.29 is 9.18 Å². The minimum atomic E-state index is 0.155. The van der Waals surface area contributed by atoms with Crippen LogP contribution in [0.1, 0.15) is 30.4 Å². The Morgan fingerprint density at radius 3 is 2.62 bits per heavy atom. The number of nitrogens with two attached hydrogens (primary N) is 1. The van der Waals surface area contributed by atoms with Gasteiger partial charge in [-0.2, -0.15) is 0 Å².